The lowest BCUT2D eigenvalue weighted by molar-refractivity contribution is -0.144. The first-order valence-electron chi connectivity index (χ1n) is 9.71. The summed E-state index contributed by atoms with van der Waals surface area (Å²) in [6.07, 6.45) is 3.22. The molecule has 0 spiro atoms. The number of esters is 2. The van der Waals surface area contributed by atoms with Crippen LogP contribution in [0.5, 0.6) is 11.5 Å². The van der Waals surface area contributed by atoms with Crippen molar-refractivity contribution in [1.82, 2.24) is 5.32 Å². The molecule has 0 saturated carbocycles. The lowest BCUT2D eigenvalue weighted by atomic mass is 9.94. The standard InChI is InChI=1S/C22H29NO7/c1-12(8-10-17(24)23-14(3)21(25)29-6)7-9-15-19(27-4)13(2)16-11-30-22(26)18(16)20(15)28-5/h7,14H,8-11H2,1-6H3,(H,23,24)/t14-/m0/s1. The molecule has 1 aromatic rings. The first-order valence-corrected chi connectivity index (χ1v) is 9.71. The highest BCUT2D eigenvalue weighted by atomic mass is 16.5. The van der Waals surface area contributed by atoms with Crippen molar-refractivity contribution in [3.63, 3.8) is 0 Å². The van der Waals surface area contributed by atoms with Gasteiger partial charge in [0, 0.05) is 17.5 Å². The number of cyclic esters (lactones) is 1. The van der Waals surface area contributed by atoms with Gasteiger partial charge in [-0.15, -0.1) is 0 Å². The number of ether oxygens (including phenoxy) is 4. The molecule has 1 aromatic carbocycles. The second-order valence-corrected chi connectivity index (χ2v) is 7.17. The Morgan fingerprint density at radius 1 is 1.17 bits per heavy atom. The average molecular weight is 419 g/mol. The maximum absolute atomic E-state index is 12.2. The van der Waals surface area contributed by atoms with E-state index in [4.69, 9.17) is 14.2 Å². The van der Waals surface area contributed by atoms with E-state index in [2.05, 4.69) is 10.1 Å². The lowest BCUT2D eigenvalue weighted by Gasteiger charge is -2.18. The molecule has 1 amide bonds. The zero-order valence-electron chi connectivity index (χ0n) is 18.3. The number of benzene rings is 1. The summed E-state index contributed by atoms with van der Waals surface area (Å²) in [7, 11) is 4.38. The van der Waals surface area contributed by atoms with Gasteiger partial charge in [-0.25, -0.2) is 9.59 Å². The SMILES string of the molecule is COC(=O)[C@H](C)NC(=O)CCC(C)=CCc1c(OC)c(C)c2c(c1OC)C(=O)OC2. The van der Waals surface area contributed by atoms with Crippen LogP contribution in [-0.4, -0.2) is 45.2 Å². The Labute approximate surface area is 176 Å². The molecule has 30 heavy (non-hydrogen) atoms. The third-order valence-corrected chi connectivity index (χ3v) is 5.16. The van der Waals surface area contributed by atoms with Crippen molar-refractivity contribution in [1.29, 1.82) is 0 Å². The molecule has 0 unspecified atom stereocenters. The normalized spacial score (nSPS) is 13.9. The number of carbonyl (C=O) groups is 3. The third kappa shape index (κ3) is 4.93. The van der Waals surface area contributed by atoms with Crippen molar-refractivity contribution in [2.24, 2.45) is 0 Å². The van der Waals surface area contributed by atoms with E-state index in [0.717, 1.165) is 22.3 Å². The molecular weight excluding hydrogens is 390 g/mol. The highest BCUT2D eigenvalue weighted by Gasteiger charge is 2.32. The molecule has 0 aromatic heterocycles. The van der Waals surface area contributed by atoms with E-state index in [0.29, 0.717) is 29.9 Å². The molecule has 1 atom stereocenters. The predicted molar refractivity (Wildman–Crippen MR) is 110 cm³/mol. The quantitative estimate of drug-likeness (QED) is 0.485. The molecule has 1 heterocycles. The topological polar surface area (TPSA) is 100 Å². The minimum absolute atomic E-state index is 0.209. The fraction of sp³-hybridized carbons (Fsp3) is 0.500. The van der Waals surface area contributed by atoms with E-state index >= 15 is 0 Å². The van der Waals surface area contributed by atoms with Gasteiger partial charge in [0.1, 0.15) is 29.7 Å². The second-order valence-electron chi connectivity index (χ2n) is 7.17. The minimum atomic E-state index is -0.686. The van der Waals surface area contributed by atoms with Gasteiger partial charge in [-0.2, -0.15) is 0 Å². The van der Waals surface area contributed by atoms with E-state index in [-0.39, 0.29) is 18.9 Å². The molecule has 8 heteroatoms. The molecular formula is C22H29NO7. The van der Waals surface area contributed by atoms with Gasteiger partial charge in [-0.05, 0) is 39.2 Å². The fourth-order valence-electron chi connectivity index (χ4n) is 3.47. The maximum atomic E-state index is 12.2. The Bertz CT molecular complexity index is 873. The molecule has 1 aliphatic rings. The van der Waals surface area contributed by atoms with Crippen molar-refractivity contribution in [2.75, 3.05) is 21.3 Å². The summed E-state index contributed by atoms with van der Waals surface area (Å²) in [5, 5.41) is 2.60. The molecule has 1 aliphatic heterocycles. The number of hydrogen-bond donors (Lipinski definition) is 1. The number of hydrogen-bond acceptors (Lipinski definition) is 7. The summed E-state index contributed by atoms with van der Waals surface area (Å²) in [5.74, 6) is 0.0134. The van der Waals surface area contributed by atoms with Gasteiger partial charge >= 0.3 is 11.9 Å². The zero-order valence-corrected chi connectivity index (χ0v) is 18.3. The third-order valence-electron chi connectivity index (χ3n) is 5.16. The largest absolute Gasteiger partial charge is 0.496 e. The number of allylic oxidation sites excluding steroid dienone is 2. The molecule has 2 rings (SSSR count). The summed E-state index contributed by atoms with van der Waals surface area (Å²) in [4.78, 5) is 35.6. The van der Waals surface area contributed by atoms with Crippen molar-refractivity contribution in [3.05, 3.63) is 33.9 Å². The highest BCUT2D eigenvalue weighted by Crippen LogP contribution is 2.42. The fourth-order valence-corrected chi connectivity index (χ4v) is 3.47. The minimum Gasteiger partial charge on any atom is -0.496 e. The highest BCUT2D eigenvalue weighted by molar-refractivity contribution is 5.98. The predicted octanol–water partition coefficient (Wildman–Crippen LogP) is 2.63. The summed E-state index contributed by atoms with van der Waals surface area (Å²) in [6, 6.07) is -0.686. The lowest BCUT2D eigenvalue weighted by Crippen LogP contribution is -2.39. The number of carbonyl (C=O) groups excluding carboxylic acids is 3. The van der Waals surface area contributed by atoms with Gasteiger partial charge in [0.15, 0.2) is 0 Å². The molecule has 0 fully saturated rings. The second kappa shape index (κ2) is 10.1. The summed E-state index contributed by atoms with van der Waals surface area (Å²) in [6.45, 7) is 5.60. The Morgan fingerprint density at radius 2 is 1.83 bits per heavy atom. The molecule has 0 saturated heterocycles. The van der Waals surface area contributed by atoms with E-state index in [1.807, 2.05) is 19.9 Å². The van der Waals surface area contributed by atoms with Crippen LogP contribution in [0.4, 0.5) is 0 Å². The number of methoxy groups -OCH3 is 3. The van der Waals surface area contributed by atoms with Crippen LogP contribution in [0.3, 0.4) is 0 Å². The van der Waals surface area contributed by atoms with Gasteiger partial charge in [0.2, 0.25) is 5.91 Å². The summed E-state index contributed by atoms with van der Waals surface area (Å²) < 4.78 is 20.9. The van der Waals surface area contributed by atoms with Crippen LogP contribution in [0.2, 0.25) is 0 Å². The molecule has 1 N–H and O–H groups in total. The van der Waals surface area contributed by atoms with Gasteiger partial charge < -0.3 is 24.3 Å². The number of rotatable bonds is 9. The van der Waals surface area contributed by atoms with Gasteiger partial charge in [-0.1, -0.05) is 11.6 Å². The first-order chi connectivity index (χ1) is 14.2. The number of amides is 1. The molecule has 0 radical (unpaired) electrons. The van der Waals surface area contributed by atoms with Crippen molar-refractivity contribution < 1.29 is 33.3 Å². The van der Waals surface area contributed by atoms with E-state index in [1.54, 1.807) is 14.0 Å². The smallest absolute Gasteiger partial charge is 0.342 e. The molecule has 164 valence electrons. The zero-order chi connectivity index (χ0) is 22.4. The Morgan fingerprint density at radius 3 is 2.43 bits per heavy atom. The van der Waals surface area contributed by atoms with Gasteiger partial charge in [0.05, 0.1) is 21.3 Å². The monoisotopic (exact) mass is 419 g/mol. The summed E-state index contributed by atoms with van der Waals surface area (Å²) in [5.41, 5.74) is 3.85. The van der Waals surface area contributed by atoms with Crippen LogP contribution in [0, 0.1) is 6.92 Å². The van der Waals surface area contributed by atoms with Crippen LogP contribution < -0.4 is 14.8 Å². The Balaban J connectivity index is 2.14. The van der Waals surface area contributed by atoms with E-state index in [1.165, 1.54) is 14.2 Å². The van der Waals surface area contributed by atoms with Crippen LogP contribution in [0.25, 0.3) is 0 Å². The van der Waals surface area contributed by atoms with Gasteiger partial charge in [-0.3, -0.25) is 4.79 Å². The summed E-state index contributed by atoms with van der Waals surface area (Å²) >= 11 is 0. The van der Waals surface area contributed by atoms with Crippen LogP contribution in [0.1, 0.15) is 53.7 Å². The van der Waals surface area contributed by atoms with Crippen LogP contribution >= 0.6 is 0 Å². The molecule has 0 aliphatic carbocycles. The van der Waals surface area contributed by atoms with E-state index in [9.17, 15) is 14.4 Å². The average Bonchev–Trinajstić information content (AvgIpc) is 3.12. The first kappa shape index (κ1) is 23.3. The van der Waals surface area contributed by atoms with Crippen LogP contribution in [-0.2, 0) is 32.1 Å². The van der Waals surface area contributed by atoms with Crippen molar-refractivity contribution >= 4 is 17.8 Å². The maximum Gasteiger partial charge on any atom is 0.342 e. The number of fused-ring (bicyclic) bond motifs is 1. The molecule has 8 nitrogen and oxygen atoms in total. The Hall–Kier alpha value is -3.03. The Kier molecular flexibility index (Phi) is 7.86. The molecule has 0 bridgehead atoms. The van der Waals surface area contributed by atoms with Crippen molar-refractivity contribution in [2.45, 2.75) is 52.7 Å². The van der Waals surface area contributed by atoms with E-state index < -0.39 is 18.0 Å². The van der Waals surface area contributed by atoms with Crippen LogP contribution in [0.15, 0.2) is 11.6 Å². The van der Waals surface area contributed by atoms with Gasteiger partial charge in [0.25, 0.3) is 0 Å². The van der Waals surface area contributed by atoms with Crippen molar-refractivity contribution in [3.8, 4) is 11.5 Å². The number of nitrogens with one attached hydrogen (secondary N) is 1.